The van der Waals surface area contributed by atoms with Gasteiger partial charge in [0.25, 0.3) is 0 Å². The van der Waals surface area contributed by atoms with E-state index in [0.717, 1.165) is 16.9 Å². The number of anilines is 1. The van der Waals surface area contributed by atoms with Gasteiger partial charge in [0.15, 0.2) is 26.5 Å². The minimum absolute atomic E-state index is 0.111. The third-order valence-electron chi connectivity index (χ3n) is 4.49. The number of hydrogen-bond acceptors (Lipinski definition) is 7. The number of aromatic nitrogens is 1. The number of rotatable bonds is 6. The molecule has 4 rings (SSSR count). The van der Waals surface area contributed by atoms with Crippen LogP contribution in [0.25, 0.3) is 10.4 Å². The van der Waals surface area contributed by atoms with Crippen molar-refractivity contribution in [2.24, 2.45) is 0 Å². The number of amides is 1. The van der Waals surface area contributed by atoms with Crippen molar-refractivity contribution < 1.29 is 22.7 Å². The van der Waals surface area contributed by atoms with Crippen LogP contribution in [0.1, 0.15) is 12.8 Å². The zero-order valence-electron chi connectivity index (χ0n) is 16.0. The molecule has 7 nitrogen and oxygen atoms in total. The van der Waals surface area contributed by atoms with Crippen molar-refractivity contribution in [2.75, 3.05) is 24.3 Å². The molecule has 1 aliphatic heterocycles. The van der Waals surface area contributed by atoms with Gasteiger partial charge in [-0.1, -0.05) is 41.7 Å². The van der Waals surface area contributed by atoms with Gasteiger partial charge in [-0.3, -0.25) is 4.79 Å². The molecule has 2 heterocycles. The van der Waals surface area contributed by atoms with Crippen LogP contribution in [-0.4, -0.2) is 38.3 Å². The van der Waals surface area contributed by atoms with Crippen LogP contribution in [0.15, 0.2) is 59.6 Å². The van der Waals surface area contributed by atoms with Gasteiger partial charge in [-0.25, -0.2) is 13.4 Å². The Morgan fingerprint density at radius 1 is 1.07 bits per heavy atom. The molecule has 3 aromatic rings. The van der Waals surface area contributed by atoms with Crippen molar-refractivity contribution in [1.82, 2.24) is 4.98 Å². The maximum Gasteiger partial charge on any atom is 0.227 e. The van der Waals surface area contributed by atoms with Crippen LogP contribution >= 0.6 is 11.3 Å². The zero-order valence-corrected chi connectivity index (χ0v) is 17.7. The number of thiazole rings is 1. The molecular weight excluding hydrogens is 424 g/mol. The van der Waals surface area contributed by atoms with Gasteiger partial charge in [0.05, 0.1) is 28.7 Å². The lowest BCUT2D eigenvalue weighted by Gasteiger charge is -2.10. The summed E-state index contributed by atoms with van der Waals surface area (Å²) in [6.07, 6.45) is 2.25. The van der Waals surface area contributed by atoms with Crippen LogP contribution in [0.4, 0.5) is 5.13 Å². The van der Waals surface area contributed by atoms with E-state index in [1.54, 1.807) is 12.3 Å². The fourth-order valence-corrected chi connectivity index (χ4v) is 5.02. The predicted octanol–water partition coefficient (Wildman–Crippen LogP) is 3.77. The van der Waals surface area contributed by atoms with Crippen LogP contribution in [0.5, 0.6) is 11.5 Å². The maximum absolute atomic E-state index is 12.7. The van der Waals surface area contributed by atoms with Gasteiger partial charge in [0, 0.05) is 25.1 Å². The van der Waals surface area contributed by atoms with Gasteiger partial charge in [0.1, 0.15) is 0 Å². The topological polar surface area (TPSA) is 94.6 Å². The minimum Gasteiger partial charge on any atom is -0.490 e. The number of carbonyl (C=O) groups is 1. The first-order chi connectivity index (χ1) is 14.5. The normalized spacial score (nSPS) is 13.5. The van der Waals surface area contributed by atoms with E-state index >= 15 is 0 Å². The second kappa shape index (κ2) is 8.85. The number of sulfone groups is 1. The van der Waals surface area contributed by atoms with E-state index in [2.05, 4.69) is 10.3 Å². The van der Waals surface area contributed by atoms with Crippen molar-refractivity contribution >= 4 is 32.2 Å². The van der Waals surface area contributed by atoms with Crippen LogP contribution < -0.4 is 14.8 Å². The molecule has 1 aromatic heterocycles. The van der Waals surface area contributed by atoms with Gasteiger partial charge in [-0.2, -0.15) is 0 Å². The van der Waals surface area contributed by atoms with Crippen molar-refractivity contribution in [1.29, 1.82) is 0 Å². The number of nitrogens with zero attached hydrogens (tertiary/aromatic N) is 1. The van der Waals surface area contributed by atoms with Crippen LogP contribution in [0.2, 0.25) is 0 Å². The molecule has 0 fully saturated rings. The lowest BCUT2D eigenvalue weighted by atomic mass is 10.2. The van der Waals surface area contributed by atoms with E-state index in [4.69, 9.17) is 9.47 Å². The molecule has 2 aromatic carbocycles. The smallest absolute Gasteiger partial charge is 0.227 e. The molecule has 0 radical (unpaired) electrons. The third-order valence-corrected chi connectivity index (χ3v) is 7.16. The molecule has 1 aliphatic rings. The summed E-state index contributed by atoms with van der Waals surface area (Å²) in [6.45, 7) is 1.000. The van der Waals surface area contributed by atoms with E-state index in [1.807, 2.05) is 30.3 Å². The van der Waals surface area contributed by atoms with Crippen molar-refractivity contribution in [3.8, 4) is 21.9 Å². The van der Waals surface area contributed by atoms with E-state index in [1.165, 1.54) is 23.5 Å². The summed E-state index contributed by atoms with van der Waals surface area (Å²) in [4.78, 5) is 17.5. The Hall–Kier alpha value is -2.91. The molecule has 1 N–H and O–H groups in total. The highest BCUT2D eigenvalue weighted by Crippen LogP contribution is 2.32. The molecule has 0 spiro atoms. The van der Waals surface area contributed by atoms with Crippen molar-refractivity contribution in [3.05, 3.63) is 54.7 Å². The summed E-state index contributed by atoms with van der Waals surface area (Å²) in [5.74, 6) is 0.230. The van der Waals surface area contributed by atoms with E-state index in [-0.39, 0.29) is 17.1 Å². The molecule has 0 saturated heterocycles. The number of hydrogen-bond donors (Lipinski definition) is 1. The molecule has 0 bridgehead atoms. The number of benzene rings is 2. The van der Waals surface area contributed by atoms with E-state index in [0.29, 0.717) is 29.8 Å². The highest BCUT2D eigenvalue weighted by Gasteiger charge is 2.20. The first-order valence-electron chi connectivity index (χ1n) is 9.45. The summed E-state index contributed by atoms with van der Waals surface area (Å²) in [5.41, 5.74) is 1.01. The summed E-state index contributed by atoms with van der Waals surface area (Å²) in [5, 5.41) is 3.11. The van der Waals surface area contributed by atoms with Gasteiger partial charge in [-0.15, -0.1) is 0 Å². The number of fused-ring (bicyclic) bond motifs is 1. The largest absolute Gasteiger partial charge is 0.490 e. The molecule has 0 saturated carbocycles. The Labute approximate surface area is 178 Å². The molecular formula is C21H20N2O5S2. The van der Waals surface area contributed by atoms with Crippen LogP contribution in [0, 0.1) is 0 Å². The molecule has 156 valence electrons. The number of nitrogens with one attached hydrogen (secondary N) is 1. The van der Waals surface area contributed by atoms with E-state index in [9.17, 15) is 13.2 Å². The highest BCUT2D eigenvalue weighted by molar-refractivity contribution is 7.91. The Morgan fingerprint density at radius 2 is 1.83 bits per heavy atom. The first-order valence-corrected chi connectivity index (χ1v) is 11.9. The maximum atomic E-state index is 12.7. The lowest BCUT2D eigenvalue weighted by molar-refractivity contribution is -0.115. The minimum atomic E-state index is -3.64. The third kappa shape index (κ3) is 4.80. The second-order valence-electron chi connectivity index (χ2n) is 6.67. The molecule has 0 atom stereocenters. The average molecular weight is 445 g/mol. The Kier molecular flexibility index (Phi) is 6.01. The van der Waals surface area contributed by atoms with Gasteiger partial charge >= 0.3 is 0 Å². The van der Waals surface area contributed by atoms with Gasteiger partial charge in [-0.05, 0) is 17.7 Å². The summed E-state index contributed by atoms with van der Waals surface area (Å²) >= 11 is 1.34. The molecule has 0 aliphatic carbocycles. The van der Waals surface area contributed by atoms with Crippen molar-refractivity contribution in [3.63, 3.8) is 0 Å². The highest BCUT2D eigenvalue weighted by atomic mass is 32.2. The Morgan fingerprint density at radius 3 is 2.63 bits per heavy atom. The monoisotopic (exact) mass is 444 g/mol. The second-order valence-corrected chi connectivity index (χ2v) is 9.81. The van der Waals surface area contributed by atoms with Crippen LogP contribution in [-0.2, 0) is 14.6 Å². The molecule has 9 heteroatoms. The molecule has 0 unspecified atom stereocenters. The Bertz CT molecular complexity index is 1140. The Balaban J connectivity index is 1.38. The van der Waals surface area contributed by atoms with Gasteiger partial charge in [0.2, 0.25) is 5.91 Å². The summed E-state index contributed by atoms with van der Waals surface area (Å²) in [7, 11) is -3.64. The SMILES string of the molecule is O=C(CCS(=O)(=O)c1ccc2c(c1)OCCCO2)Nc1ncc(-c2ccccc2)s1. The van der Waals surface area contributed by atoms with Crippen molar-refractivity contribution in [2.45, 2.75) is 17.7 Å². The fourth-order valence-electron chi connectivity index (χ4n) is 2.93. The number of ether oxygens (including phenoxy) is 2. The quantitative estimate of drug-likeness (QED) is 0.622. The number of carbonyl (C=O) groups excluding carboxylic acids is 1. The molecule has 1 amide bonds. The first kappa shape index (κ1) is 20.4. The van der Waals surface area contributed by atoms with E-state index < -0.39 is 15.7 Å². The zero-order chi connectivity index (χ0) is 21.0. The molecule has 30 heavy (non-hydrogen) atoms. The lowest BCUT2D eigenvalue weighted by Crippen LogP contribution is -2.17. The predicted molar refractivity (Wildman–Crippen MR) is 115 cm³/mol. The average Bonchev–Trinajstić information content (AvgIpc) is 3.08. The van der Waals surface area contributed by atoms with Crippen LogP contribution in [0.3, 0.4) is 0 Å². The summed E-state index contributed by atoms with van der Waals surface area (Å²) in [6, 6.07) is 14.2. The van der Waals surface area contributed by atoms with Gasteiger partial charge < -0.3 is 14.8 Å². The standard InChI is InChI=1S/C21H20N2O5S2/c24-20(23-21-22-14-19(29-21)15-5-2-1-3-6-15)9-12-30(25,26)16-7-8-17-18(13-16)28-11-4-10-27-17/h1-3,5-8,13-14H,4,9-12H2,(H,22,23,24). The summed E-state index contributed by atoms with van der Waals surface area (Å²) < 4.78 is 36.4. The fraction of sp³-hybridized carbons (Fsp3) is 0.238.